The Labute approximate surface area is 218 Å². The summed E-state index contributed by atoms with van der Waals surface area (Å²) in [7, 11) is 1.91. The molecule has 37 heavy (non-hydrogen) atoms. The van der Waals surface area contributed by atoms with E-state index in [2.05, 4.69) is 20.5 Å². The standard InChI is InChI=1S/C27H27N5O4S/c1-32-17-29-31-27(32)37-16-23-13-24(19-6-4-18(15-33)5-7-19)36-26(35-23)20-8-10-22(11-9-20)30-25(34)21-3-2-12-28-14-21/h2-12,14,17,23-24,26,33H,13,15-16H2,1H3,(H,30,34). The molecule has 2 aromatic carbocycles. The highest BCUT2D eigenvalue weighted by molar-refractivity contribution is 7.99. The highest BCUT2D eigenvalue weighted by Crippen LogP contribution is 2.39. The van der Waals surface area contributed by atoms with Crippen molar-refractivity contribution in [3.05, 3.63) is 102 Å². The van der Waals surface area contributed by atoms with Crippen molar-refractivity contribution in [2.75, 3.05) is 11.1 Å². The molecule has 3 heterocycles. The number of rotatable bonds is 8. The Morgan fingerprint density at radius 3 is 2.57 bits per heavy atom. The number of pyridine rings is 1. The van der Waals surface area contributed by atoms with Gasteiger partial charge in [-0.05, 0) is 35.4 Å². The number of carbonyl (C=O) groups excluding carboxylic acids is 1. The van der Waals surface area contributed by atoms with Crippen LogP contribution in [0, 0.1) is 0 Å². The van der Waals surface area contributed by atoms with Crippen LogP contribution >= 0.6 is 11.8 Å². The molecule has 0 radical (unpaired) electrons. The fourth-order valence-corrected chi connectivity index (χ4v) is 4.92. The zero-order valence-corrected chi connectivity index (χ0v) is 21.0. The van der Waals surface area contributed by atoms with Crippen molar-refractivity contribution in [2.45, 2.75) is 36.7 Å². The molecule has 0 saturated carbocycles. The second-order valence-electron chi connectivity index (χ2n) is 8.70. The molecule has 2 aromatic heterocycles. The highest BCUT2D eigenvalue weighted by Gasteiger charge is 2.32. The van der Waals surface area contributed by atoms with Gasteiger partial charge in [-0.25, -0.2) is 0 Å². The van der Waals surface area contributed by atoms with Gasteiger partial charge in [0, 0.05) is 42.9 Å². The average molecular weight is 518 g/mol. The molecule has 0 bridgehead atoms. The summed E-state index contributed by atoms with van der Waals surface area (Å²) in [6.45, 7) is -0.00181. The Morgan fingerprint density at radius 2 is 1.89 bits per heavy atom. The van der Waals surface area contributed by atoms with Crippen LogP contribution in [0.5, 0.6) is 0 Å². The predicted octanol–water partition coefficient (Wildman–Crippen LogP) is 4.29. The fourth-order valence-electron chi connectivity index (χ4n) is 4.02. The van der Waals surface area contributed by atoms with Crippen LogP contribution in [0.4, 0.5) is 5.69 Å². The van der Waals surface area contributed by atoms with Gasteiger partial charge in [-0.1, -0.05) is 48.2 Å². The summed E-state index contributed by atoms with van der Waals surface area (Å²) in [6.07, 6.45) is 4.66. The molecule has 3 unspecified atom stereocenters. The lowest BCUT2D eigenvalue weighted by atomic mass is 10.0. The van der Waals surface area contributed by atoms with Crippen molar-refractivity contribution < 1.29 is 19.4 Å². The minimum absolute atomic E-state index is 0.00181. The van der Waals surface area contributed by atoms with E-state index in [9.17, 15) is 9.90 Å². The van der Waals surface area contributed by atoms with Gasteiger partial charge in [0.2, 0.25) is 0 Å². The van der Waals surface area contributed by atoms with E-state index in [0.29, 0.717) is 23.4 Å². The first-order chi connectivity index (χ1) is 18.1. The number of amides is 1. The molecule has 1 amide bonds. The Bertz CT molecular complexity index is 1310. The van der Waals surface area contributed by atoms with E-state index in [1.165, 1.54) is 6.20 Å². The fraction of sp³-hybridized carbons (Fsp3) is 0.259. The number of thioether (sulfide) groups is 1. The van der Waals surface area contributed by atoms with Gasteiger partial charge < -0.3 is 24.5 Å². The zero-order valence-electron chi connectivity index (χ0n) is 20.2. The van der Waals surface area contributed by atoms with Crippen molar-refractivity contribution in [2.24, 2.45) is 7.05 Å². The molecule has 9 nitrogen and oxygen atoms in total. The number of benzene rings is 2. The molecule has 1 saturated heterocycles. The summed E-state index contributed by atoms with van der Waals surface area (Å²) in [5.74, 6) is 0.468. The van der Waals surface area contributed by atoms with Crippen LogP contribution in [-0.2, 0) is 23.1 Å². The molecule has 5 rings (SSSR count). The molecule has 1 fully saturated rings. The third kappa shape index (κ3) is 6.23. The number of ether oxygens (including phenoxy) is 2. The molecular formula is C27H27N5O4S. The van der Waals surface area contributed by atoms with Crippen LogP contribution in [0.1, 0.15) is 45.9 Å². The molecule has 2 N–H and O–H groups in total. The summed E-state index contributed by atoms with van der Waals surface area (Å²) in [4.78, 5) is 16.4. The molecule has 3 atom stereocenters. The Balaban J connectivity index is 1.31. The Hall–Kier alpha value is -3.57. The molecule has 4 aromatic rings. The maximum absolute atomic E-state index is 12.5. The second kappa shape index (κ2) is 11.7. The molecule has 0 aliphatic carbocycles. The van der Waals surface area contributed by atoms with Crippen molar-refractivity contribution >= 4 is 23.4 Å². The quantitative estimate of drug-likeness (QED) is 0.333. The number of carbonyl (C=O) groups is 1. The maximum atomic E-state index is 12.5. The van der Waals surface area contributed by atoms with Crippen LogP contribution in [-0.4, -0.2) is 42.6 Å². The number of aromatic nitrogens is 4. The third-order valence-electron chi connectivity index (χ3n) is 6.05. The third-order valence-corrected chi connectivity index (χ3v) is 7.21. The summed E-state index contributed by atoms with van der Waals surface area (Å²) in [5, 5.41) is 21.2. The lowest BCUT2D eigenvalue weighted by Gasteiger charge is -2.36. The predicted molar refractivity (Wildman–Crippen MR) is 139 cm³/mol. The topological polar surface area (TPSA) is 111 Å². The zero-order chi connectivity index (χ0) is 25.6. The second-order valence-corrected chi connectivity index (χ2v) is 9.69. The lowest BCUT2D eigenvalue weighted by Crippen LogP contribution is -2.31. The van der Waals surface area contributed by atoms with Crippen LogP contribution in [0.2, 0.25) is 0 Å². The Morgan fingerprint density at radius 1 is 1.11 bits per heavy atom. The van der Waals surface area contributed by atoms with E-state index in [1.807, 2.05) is 60.1 Å². The van der Waals surface area contributed by atoms with Crippen LogP contribution in [0.3, 0.4) is 0 Å². The van der Waals surface area contributed by atoms with E-state index in [-0.39, 0.29) is 24.7 Å². The summed E-state index contributed by atoms with van der Waals surface area (Å²) in [5.41, 5.74) is 3.89. The first-order valence-electron chi connectivity index (χ1n) is 11.9. The monoisotopic (exact) mass is 517 g/mol. The van der Waals surface area contributed by atoms with Gasteiger partial charge >= 0.3 is 0 Å². The van der Waals surface area contributed by atoms with Crippen LogP contribution in [0.25, 0.3) is 0 Å². The minimum Gasteiger partial charge on any atom is -0.392 e. The normalized spacial score (nSPS) is 19.5. The molecule has 1 aliphatic heterocycles. The number of nitrogens with one attached hydrogen (secondary N) is 1. The van der Waals surface area contributed by atoms with Gasteiger partial charge in [0.1, 0.15) is 6.33 Å². The molecule has 190 valence electrons. The van der Waals surface area contributed by atoms with Gasteiger partial charge in [-0.15, -0.1) is 10.2 Å². The van der Waals surface area contributed by atoms with Crippen molar-refractivity contribution in [1.29, 1.82) is 0 Å². The number of aryl methyl sites for hydroxylation is 1. The van der Waals surface area contributed by atoms with Crippen molar-refractivity contribution in [3.63, 3.8) is 0 Å². The van der Waals surface area contributed by atoms with E-state index in [4.69, 9.17) is 9.47 Å². The van der Waals surface area contributed by atoms with Gasteiger partial charge in [-0.3, -0.25) is 9.78 Å². The number of aliphatic hydroxyl groups excluding tert-OH is 1. The smallest absolute Gasteiger partial charge is 0.257 e. The number of anilines is 1. The van der Waals surface area contributed by atoms with Gasteiger partial charge in [0.05, 0.1) is 24.4 Å². The summed E-state index contributed by atoms with van der Waals surface area (Å²) in [6, 6.07) is 18.7. The summed E-state index contributed by atoms with van der Waals surface area (Å²) >= 11 is 1.59. The SMILES string of the molecule is Cn1cnnc1SCC1CC(c2ccc(CO)cc2)OC(c2ccc(NC(=O)c3cccnc3)cc2)O1. The largest absolute Gasteiger partial charge is 0.392 e. The van der Waals surface area contributed by atoms with Crippen LogP contribution in [0.15, 0.2) is 84.5 Å². The maximum Gasteiger partial charge on any atom is 0.257 e. The first kappa shape index (κ1) is 25.1. The van der Waals surface area contributed by atoms with E-state index in [1.54, 1.807) is 36.4 Å². The first-order valence-corrected chi connectivity index (χ1v) is 12.9. The molecule has 0 spiro atoms. The van der Waals surface area contributed by atoms with Crippen LogP contribution < -0.4 is 5.32 Å². The van der Waals surface area contributed by atoms with Gasteiger partial charge in [0.15, 0.2) is 11.4 Å². The number of hydrogen-bond donors (Lipinski definition) is 2. The highest BCUT2D eigenvalue weighted by atomic mass is 32.2. The lowest BCUT2D eigenvalue weighted by molar-refractivity contribution is -0.245. The van der Waals surface area contributed by atoms with E-state index < -0.39 is 6.29 Å². The van der Waals surface area contributed by atoms with E-state index in [0.717, 1.165) is 21.8 Å². The van der Waals surface area contributed by atoms with Gasteiger partial charge in [-0.2, -0.15) is 0 Å². The number of aliphatic hydroxyl groups is 1. The van der Waals surface area contributed by atoms with Crippen molar-refractivity contribution in [1.82, 2.24) is 19.7 Å². The molecular weight excluding hydrogens is 490 g/mol. The van der Waals surface area contributed by atoms with Gasteiger partial charge in [0.25, 0.3) is 5.91 Å². The number of nitrogens with zero attached hydrogens (tertiary/aromatic N) is 4. The minimum atomic E-state index is -0.579. The number of hydrogen-bond acceptors (Lipinski definition) is 8. The molecule has 10 heteroatoms. The average Bonchev–Trinajstić information content (AvgIpc) is 3.37. The Kier molecular flexibility index (Phi) is 7.90. The molecule has 1 aliphatic rings. The van der Waals surface area contributed by atoms with Crippen molar-refractivity contribution in [3.8, 4) is 0 Å². The van der Waals surface area contributed by atoms with E-state index >= 15 is 0 Å². The summed E-state index contributed by atoms with van der Waals surface area (Å²) < 4.78 is 14.6.